The van der Waals surface area contributed by atoms with E-state index < -0.39 is 11.6 Å². The number of hydrogen-bond acceptors (Lipinski definition) is 2. The van der Waals surface area contributed by atoms with Crippen LogP contribution in [-0.2, 0) is 13.0 Å². The molecule has 0 atom stereocenters. The van der Waals surface area contributed by atoms with Gasteiger partial charge in [0.25, 0.3) is 0 Å². The lowest BCUT2D eigenvalue weighted by Crippen LogP contribution is -2.00. The molecule has 0 aromatic heterocycles. The Morgan fingerprint density at radius 3 is 2.65 bits per heavy atom. The molecule has 2 N–H and O–H groups in total. The van der Waals surface area contributed by atoms with E-state index in [1.54, 1.807) is 0 Å². The van der Waals surface area contributed by atoms with E-state index >= 15 is 0 Å². The Bertz CT molecular complexity index is 688. The molecule has 104 valence electrons. The monoisotopic (exact) mass is 295 g/mol. The van der Waals surface area contributed by atoms with Gasteiger partial charge in [-0.05, 0) is 35.4 Å². The number of benzene rings is 2. The summed E-state index contributed by atoms with van der Waals surface area (Å²) in [5.74, 6) is -1.08. The molecule has 20 heavy (non-hydrogen) atoms. The van der Waals surface area contributed by atoms with Crippen molar-refractivity contribution in [2.75, 3.05) is 6.61 Å². The van der Waals surface area contributed by atoms with E-state index in [1.807, 2.05) is 12.1 Å². The lowest BCUT2D eigenvalue weighted by atomic mass is 9.98. The summed E-state index contributed by atoms with van der Waals surface area (Å²) in [6.07, 6.45) is 0.775. The van der Waals surface area contributed by atoms with Crippen LogP contribution in [0.4, 0.5) is 8.78 Å². The third-order valence-corrected chi connectivity index (χ3v) is 3.71. The second kappa shape index (κ2) is 5.04. The molecule has 0 saturated carbocycles. The Morgan fingerprint density at radius 2 is 1.90 bits per heavy atom. The highest BCUT2D eigenvalue weighted by atomic mass is 35.5. The molecule has 0 spiro atoms. The summed E-state index contributed by atoms with van der Waals surface area (Å²) in [4.78, 5) is 0. The maximum Gasteiger partial charge on any atom is 0.160 e. The number of halogens is 3. The summed E-state index contributed by atoms with van der Waals surface area (Å²) >= 11 is 6.01. The molecular formula is C15H12ClF2NO. The molecule has 0 amide bonds. The standard InChI is InChI=1S/C15H12ClF2NO/c16-12-6-14(18)13(17)5-11(12)9-3-8-1-2-20-15(8)10(4-9)7-19/h3-6H,1-2,7,19H2. The third kappa shape index (κ3) is 2.15. The average molecular weight is 296 g/mol. The van der Waals surface area contributed by atoms with Crippen LogP contribution in [0.1, 0.15) is 11.1 Å². The van der Waals surface area contributed by atoms with Crippen LogP contribution in [0.5, 0.6) is 5.75 Å². The first kappa shape index (κ1) is 13.3. The number of fused-ring (bicyclic) bond motifs is 1. The van der Waals surface area contributed by atoms with Gasteiger partial charge in [0.05, 0.1) is 11.6 Å². The van der Waals surface area contributed by atoms with E-state index in [1.165, 1.54) is 0 Å². The highest BCUT2D eigenvalue weighted by Crippen LogP contribution is 2.37. The number of rotatable bonds is 2. The van der Waals surface area contributed by atoms with Crippen LogP contribution in [0, 0.1) is 11.6 Å². The first-order valence-electron chi connectivity index (χ1n) is 6.23. The molecule has 1 heterocycles. The van der Waals surface area contributed by atoms with E-state index in [2.05, 4.69) is 0 Å². The highest BCUT2D eigenvalue weighted by Gasteiger charge is 2.19. The molecule has 2 aromatic rings. The van der Waals surface area contributed by atoms with Crippen molar-refractivity contribution in [3.8, 4) is 16.9 Å². The Morgan fingerprint density at radius 1 is 1.15 bits per heavy atom. The van der Waals surface area contributed by atoms with Crippen molar-refractivity contribution in [3.63, 3.8) is 0 Å². The van der Waals surface area contributed by atoms with Gasteiger partial charge in [0, 0.05) is 24.1 Å². The first-order chi connectivity index (χ1) is 9.60. The predicted octanol–water partition coefficient (Wildman–Crippen LogP) is 3.68. The van der Waals surface area contributed by atoms with Crippen molar-refractivity contribution in [1.29, 1.82) is 0 Å². The van der Waals surface area contributed by atoms with Crippen LogP contribution in [0.15, 0.2) is 24.3 Å². The van der Waals surface area contributed by atoms with Crippen molar-refractivity contribution in [2.45, 2.75) is 13.0 Å². The lowest BCUT2D eigenvalue weighted by molar-refractivity contribution is 0.353. The molecule has 5 heteroatoms. The van der Waals surface area contributed by atoms with Crippen LogP contribution < -0.4 is 10.5 Å². The SMILES string of the molecule is NCc1cc(-c2cc(F)c(F)cc2Cl)cc2c1OCC2. The maximum absolute atomic E-state index is 13.4. The zero-order valence-electron chi connectivity index (χ0n) is 10.6. The molecule has 1 aliphatic rings. The van der Waals surface area contributed by atoms with Gasteiger partial charge in [-0.15, -0.1) is 0 Å². The van der Waals surface area contributed by atoms with Gasteiger partial charge in [0.1, 0.15) is 5.75 Å². The van der Waals surface area contributed by atoms with E-state index in [0.29, 0.717) is 18.7 Å². The van der Waals surface area contributed by atoms with Gasteiger partial charge in [-0.2, -0.15) is 0 Å². The summed E-state index contributed by atoms with van der Waals surface area (Å²) in [6, 6.07) is 5.79. The van der Waals surface area contributed by atoms with Gasteiger partial charge in [0.2, 0.25) is 0 Å². The van der Waals surface area contributed by atoms with Gasteiger partial charge in [-0.1, -0.05) is 11.6 Å². The van der Waals surface area contributed by atoms with Crippen LogP contribution in [0.3, 0.4) is 0 Å². The highest BCUT2D eigenvalue weighted by molar-refractivity contribution is 6.33. The minimum absolute atomic E-state index is 0.172. The number of ether oxygens (including phenoxy) is 1. The van der Waals surface area contributed by atoms with Gasteiger partial charge < -0.3 is 10.5 Å². The Labute approximate surface area is 120 Å². The van der Waals surface area contributed by atoms with Crippen LogP contribution >= 0.6 is 11.6 Å². The molecule has 0 bridgehead atoms. The van der Waals surface area contributed by atoms with Gasteiger partial charge in [-0.3, -0.25) is 0 Å². The topological polar surface area (TPSA) is 35.2 Å². The summed E-state index contributed by atoms with van der Waals surface area (Å²) in [7, 11) is 0. The molecule has 0 saturated heterocycles. The Hall–Kier alpha value is -1.65. The molecule has 2 nitrogen and oxygen atoms in total. The largest absolute Gasteiger partial charge is 0.493 e. The minimum atomic E-state index is -0.956. The number of hydrogen-bond donors (Lipinski definition) is 1. The maximum atomic E-state index is 13.4. The van der Waals surface area contributed by atoms with E-state index in [4.69, 9.17) is 22.1 Å². The zero-order chi connectivity index (χ0) is 14.3. The molecule has 0 aliphatic carbocycles. The molecule has 2 aromatic carbocycles. The summed E-state index contributed by atoms with van der Waals surface area (Å²) in [6.45, 7) is 0.925. The van der Waals surface area contributed by atoms with Gasteiger partial charge in [-0.25, -0.2) is 8.78 Å². The fourth-order valence-corrected chi connectivity index (χ4v) is 2.70. The van der Waals surface area contributed by atoms with Gasteiger partial charge in [0.15, 0.2) is 11.6 Å². The second-order valence-electron chi connectivity index (χ2n) is 4.67. The van der Waals surface area contributed by atoms with E-state index in [0.717, 1.165) is 41.0 Å². The van der Waals surface area contributed by atoms with Crippen molar-refractivity contribution < 1.29 is 13.5 Å². The molecule has 0 fully saturated rings. The smallest absolute Gasteiger partial charge is 0.160 e. The van der Waals surface area contributed by atoms with Crippen LogP contribution in [-0.4, -0.2) is 6.61 Å². The molecule has 0 radical (unpaired) electrons. The van der Waals surface area contributed by atoms with E-state index in [9.17, 15) is 8.78 Å². The van der Waals surface area contributed by atoms with Gasteiger partial charge >= 0.3 is 0 Å². The average Bonchev–Trinajstić information content (AvgIpc) is 2.90. The van der Waals surface area contributed by atoms with Crippen LogP contribution in [0.2, 0.25) is 5.02 Å². The summed E-state index contributed by atoms with van der Waals surface area (Å²) < 4.78 is 32.1. The van der Waals surface area contributed by atoms with Crippen molar-refractivity contribution >= 4 is 11.6 Å². The summed E-state index contributed by atoms with van der Waals surface area (Å²) in [5, 5.41) is 0.172. The molecule has 0 unspecified atom stereocenters. The lowest BCUT2D eigenvalue weighted by Gasteiger charge is -2.11. The normalized spacial score (nSPS) is 13.2. The van der Waals surface area contributed by atoms with Crippen molar-refractivity contribution in [3.05, 3.63) is 52.0 Å². The van der Waals surface area contributed by atoms with Crippen LogP contribution in [0.25, 0.3) is 11.1 Å². The first-order valence-corrected chi connectivity index (χ1v) is 6.61. The Balaban J connectivity index is 2.18. The second-order valence-corrected chi connectivity index (χ2v) is 5.08. The fraction of sp³-hybridized carbons (Fsp3) is 0.200. The van der Waals surface area contributed by atoms with Crippen molar-refractivity contribution in [2.24, 2.45) is 5.73 Å². The fourth-order valence-electron chi connectivity index (χ4n) is 2.44. The molecule has 1 aliphatic heterocycles. The van der Waals surface area contributed by atoms with Crippen molar-refractivity contribution in [1.82, 2.24) is 0 Å². The predicted molar refractivity (Wildman–Crippen MR) is 73.9 cm³/mol. The summed E-state index contributed by atoms with van der Waals surface area (Å²) in [5.41, 5.74) is 8.75. The minimum Gasteiger partial charge on any atom is -0.493 e. The van der Waals surface area contributed by atoms with E-state index in [-0.39, 0.29) is 5.02 Å². The number of nitrogens with two attached hydrogens (primary N) is 1. The molecule has 3 rings (SSSR count). The quantitative estimate of drug-likeness (QED) is 0.858. The zero-order valence-corrected chi connectivity index (χ0v) is 11.3. The third-order valence-electron chi connectivity index (χ3n) is 3.40. The molecular weight excluding hydrogens is 284 g/mol. The Kier molecular flexibility index (Phi) is 3.36.